The van der Waals surface area contributed by atoms with Gasteiger partial charge in [-0.2, -0.15) is 0 Å². The highest BCUT2D eigenvalue weighted by Crippen LogP contribution is 2.21. The second kappa shape index (κ2) is 9.33. The lowest BCUT2D eigenvalue weighted by Gasteiger charge is -2.13. The van der Waals surface area contributed by atoms with Crippen molar-refractivity contribution in [3.8, 4) is 0 Å². The normalized spacial score (nSPS) is 9.92. The van der Waals surface area contributed by atoms with Crippen LogP contribution in [0.5, 0.6) is 0 Å². The van der Waals surface area contributed by atoms with Crippen molar-refractivity contribution in [2.24, 2.45) is 0 Å². The summed E-state index contributed by atoms with van der Waals surface area (Å²) in [6.07, 6.45) is 1.58. The Kier molecular flexibility index (Phi) is 7.15. The van der Waals surface area contributed by atoms with Crippen molar-refractivity contribution in [1.29, 1.82) is 0 Å². The zero-order valence-electron chi connectivity index (χ0n) is 13.5. The molecule has 2 amide bonds. The third-order valence-electron chi connectivity index (χ3n) is 3.23. The second-order valence-corrected chi connectivity index (χ2v) is 6.33. The summed E-state index contributed by atoms with van der Waals surface area (Å²) in [5, 5.41) is 8.71. The minimum absolute atomic E-state index is 0.0324. The van der Waals surface area contributed by atoms with Crippen LogP contribution in [0.15, 0.2) is 55.1 Å². The first-order chi connectivity index (χ1) is 12.4. The van der Waals surface area contributed by atoms with Crippen LogP contribution in [0, 0.1) is 0 Å². The number of anilines is 1. The maximum Gasteiger partial charge on any atom is 0.258 e. The molecule has 134 valence electrons. The molecule has 2 aromatic rings. The summed E-state index contributed by atoms with van der Waals surface area (Å²) in [5.41, 5.74) is 1.08. The van der Waals surface area contributed by atoms with Crippen LogP contribution < -0.4 is 16.0 Å². The molecule has 0 unspecified atom stereocenters. The van der Waals surface area contributed by atoms with E-state index in [0.29, 0.717) is 22.8 Å². The lowest BCUT2D eigenvalue weighted by atomic mass is 10.1. The number of nitrogens with one attached hydrogen (secondary N) is 3. The van der Waals surface area contributed by atoms with Crippen molar-refractivity contribution in [1.82, 2.24) is 10.6 Å². The van der Waals surface area contributed by atoms with E-state index in [9.17, 15) is 9.59 Å². The fourth-order valence-electron chi connectivity index (χ4n) is 2.05. The average molecular weight is 408 g/mol. The third-order valence-corrected chi connectivity index (χ3v) is 3.98. The van der Waals surface area contributed by atoms with E-state index >= 15 is 0 Å². The topological polar surface area (TPSA) is 70.2 Å². The number of hydrogen-bond acceptors (Lipinski definition) is 3. The summed E-state index contributed by atoms with van der Waals surface area (Å²) >= 11 is 17.0. The van der Waals surface area contributed by atoms with Crippen molar-refractivity contribution >= 4 is 58.0 Å². The minimum Gasteiger partial charge on any atom is -0.349 e. The number of carbonyl (C=O) groups excluding carboxylic acids is 2. The van der Waals surface area contributed by atoms with Gasteiger partial charge in [0.05, 0.1) is 21.8 Å². The monoisotopic (exact) mass is 407 g/mol. The number of halogens is 2. The van der Waals surface area contributed by atoms with Crippen LogP contribution in [0.2, 0.25) is 10.0 Å². The molecule has 0 spiro atoms. The van der Waals surface area contributed by atoms with E-state index in [-0.39, 0.29) is 21.6 Å². The molecule has 0 aliphatic heterocycles. The van der Waals surface area contributed by atoms with Gasteiger partial charge in [-0.05, 0) is 42.5 Å². The number of benzene rings is 2. The van der Waals surface area contributed by atoms with E-state index in [1.54, 1.807) is 36.4 Å². The fraction of sp³-hybridized carbons (Fsp3) is 0.0556. The molecule has 2 aromatic carbocycles. The van der Waals surface area contributed by atoms with Crippen LogP contribution in [-0.2, 0) is 0 Å². The zero-order valence-corrected chi connectivity index (χ0v) is 15.8. The number of para-hydroxylation sites is 1. The Balaban J connectivity index is 2.09. The lowest BCUT2D eigenvalue weighted by Crippen LogP contribution is -2.35. The van der Waals surface area contributed by atoms with Crippen molar-refractivity contribution in [2.75, 3.05) is 11.9 Å². The Hall–Kier alpha value is -2.41. The quantitative estimate of drug-likeness (QED) is 0.516. The molecule has 0 saturated heterocycles. The molecular formula is C18H15Cl2N3O2S. The van der Waals surface area contributed by atoms with Gasteiger partial charge in [0.15, 0.2) is 5.11 Å². The summed E-state index contributed by atoms with van der Waals surface area (Å²) in [4.78, 5) is 24.4. The molecule has 0 radical (unpaired) electrons. The van der Waals surface area contributed by atoms with E-state index in [1.165, 1.54) is 12.1 Å². The Labute approximate surface area is 166 Å². The molecule has 0 bridgehead atoms. The van der Waals surface area contributed by atoms with E-state index in [0.717, 1.165) is 0 Å². The van der Waals surface area contributed by atoms with Crippen molar-refractivity contribution in [3.63, 3.8) is 0 Å². The van der Waals surface area contributed by atoms with Crippen LogP contribution >= 0.6 is 35.4 Å². The van der Waals surface area contributed by atoms with Gasteiger partial charge < -0.3 is 10.6 Å². The largest absolute Gasteiger partial charge is 0.349 e. The Morgan fingerprint density at radius 1 is 1.08 bits per heavy atom. The van der Waals surface area contributed by atoms with Gasteiger partial charge in [-0.25, -0.2) is 0 Å². The summed E-state index contributed by atoms with van der Waals surface area (Å²) in [6.45, 7) is 3.89. The van der Waals surface area contributed by atoms with Crippen LogP contribution in [0.3, 0.4) is 0 Å². The van der Waals surface area contributed by atoms with E-state index in [1.807, 2.05) is 0 Å². The van der Waals surface area contributed by atoms with Crippen molar-refractivity contribution in [3.05, 3.63) is 76.3 Å². The van der Waals surface area contributed by atoms with Crippen LogP contribution in [0.4, 0.5) is 5.69 Å². The van der Waals surface area contributed by atoms with Gasteiger partial charge in [-0.1, -0.05) is 41.4 Å². The Morgan fingerprint density at radius 3 is 2.50 bits per heavy atom. The summed E-state index contributed by atoms with van der Waals surface area (Å²) in [5.74, 6) is -0.777. The molecule has 3 N–H and O–H groups in total. The number of amides is 2. The minimum atomic E-state index is -0.488. The van der Waals surface area contributed by atoms with Gasteiger partial charge in [0.2, 0.25) is 0 Å². The maximum atomic E-state index is 12.3. The molecule has 0 atom stereocenters. The molecule has 2 rings (SSSR count). The van der Waals surface area contributed by atoms with E-state index in [2.05, 4.69) is 22.5 Å². The van der Waals surface area contributed by atoms with Gasteiger partial charge in [0, 0.05) is 11.6 Å². The summed E-state index contributed by atoms with van der Waals surface area (Å²) < 4.78 is 0. The highest BCUT2D eigenvalue weighted by molar-refractivity contribution is 7.80. The summed E-state index contributed by atoms with van der Waals surface area (Å²) in [7, 11) is 0. The third kappa shape index (κ3) is 5.29. The molecule has 0 aliphatic rings. The van der Waals surface area contributed by atoms with E-state index in [4.69, 9.17) is 35.4 Å². The Bertz CT molecular complexity index is 871. The second-order valence-electron chi connectivity index (χ2n) is 5.08. The van der Waals surface area contributed by atoms with Gasteiger partial charge in [0.25, 0.3) is 11.8 Å². The molecule has 0 fully saturated rings. The number of hydrogen-bond donors (Lipinski definition) is 3. The predicted molar refractivity (Wildman–Crippen MR) is 109 cm³/mol. The number of rotatable bonds is 5. The highest BCUT2D eigenvalue weighted by Gasteiger charge is 2.15. The van der Waals surface area contributed by atoms with Gasteiger partial charge >= 0.3 is 0 Å². The standard InChI is InChI=1S/C18H15Cl2N3O2S/c1-2-9-21-16(24)13-5-3-4-6-15(13)22-18(26)23-17(25)12-8-7-11(19)10-14(12)20/h2-8,10H,1,9H2,(H,21,24)(H2,22,23,25,26). The predicted octanol–water partition coefficient (Wildman–Crippen LogP) is 4.04. The van der Waals surface area contributed by atoms with Gasteiger partial charge in [-0.3, -0.25) is 14.9 Å². The zero-order chi connectivity index (χ0) is 19.1. The number of thiocarbonyl (C=S) groups is 1. The average Bonchev–Trinajstić information content (AvgIpc) is 2.59. The van der Waals surface area contributed by atoms with Crippen LogP contribution in [0.25, 0.3) is 0 Å². The first-order valence-corrected chi connectivity index (χ1v) is 8.64. The van der Waals surface area contributed by atoms with Gasteiger partial charge in [0.1, 0.15) is 0 Å². The van der Waals surface area contributed by atoms with Gasteiger partial charge in [-0.15, -0.1) is 6.58 Å². The van der Waals surface area contributed by atoms with Crippen LogP contribution in [0.1, 0.15) is 20.7 Å². The summed E-state index contributed by atoms with van der Waals surface area (Å²) in [6, 6.07) is 11.3. The lowest BCUT2D eigenvalue weighted by molar-refractivity contribution is 0.0956. The Morgan fingerprint density at radius 2 is 1.81 bits per heavy atom. The molecule has 0 aromatic heterocycles. The molecular weight excluding hydrogens is 393 g/mol. The first-order valence-electron chi connectivity index (χ1n) is 7.48. The first kappa shape index (κ1) is 19.9. The highest BCUT2D eigenvalue weighted by atomic mass is 35.5. The van der Waals surface area contributed by atoms with Crippen LogP contribution in [-0.4, -0.2) is 23.5 Å². The van der Waals surface area contributed by atoms with E-state index < -0.39 is 5.91 Å². The molecule has 5 nitrogen and oxygen atoms in total. The molecule has 0 aliphatic carbocycles. The molecule has 26 heavy (non-hydrogen) atoms. The van der Waals surface area contributed by atoms with Crippen molar-refractivity contribution in [2.45, 2.75) is 0 Å². The molecule has 0 heterocycles. The molecule has 8 heteroatoms. The van der Waals surface area contributed by atoms with Crippen molar-refractivity contribution < 1.29 is 9.59 Å². The SMILES string of the molecule is C=CCNC(=O)c1ccccc1NC(=S)NC(=O)c1ccc(Cl)cc1Cl. The maximum absolute atomic E-state index is 12.3. The smallest absolute Gasteiger partial charge is 0.258 e. The number of carbonyl (C=O) groups is 2. The fourth-order valence-corrected chi connectivity index (χ4v) is 2.74. The molecule has 0 saturated carbocycles.